The lowest BCUT2D eigenvalue weighted by molar-refractivity contribution is -0.189. The van der Waals surface area contributed by atoms with Crippen LogP contribution in [0.15, 0.2) is 0 Å². The van der Waals surface area contributed by atoms with E-state index in [1.807, 2.05) is 0 Å². The third-order valence-electron chi connectivity index (χ3n) is 0.321. The van der Waals surface area contributed by atoms with Crippen LogP contribution in [0.3, 0.4) is 0 Å². The molecule has 0 amide bonds. The van der Waals surface area contributed by atoms with E-state index in [4.69, 9.17) is 4.89 Å². The Kier molecular flexibility index (Phi) is 4.90. The summed E-state index contributed by atoms with van der Waals surface area (Å²) in [5, 5.41) is 0. The van der Waals surface area contributed by atoms with E-state index in [1.54, 1.807) is 0 Å². The number of rotatable bonds is 4. The van der Waals surface area contributed by atoms with Gasteiger partial charge in [-0.05, 0) is 4.57 Å². The van der Waals surface area contributed by atoms with Crippen LogP contribution in [0.2, 0.25) is 0 Å². The fourth-order valence-corrected chi connectivity index (χ4v) is 0.476. The molecule has 0 aliphatic carbocycles. The summed E-state index contributed by atoms with van der Waals surface area (Å²) in [7, 11) is -5.77. The van der Waals surface area contributed by atoms with E-state index in [1.165, 1.54) is 0 Å². The molecular weight excluding hydrogens is 170 g/mol. The van der Waals surface area contributed by atoms with Gasteiger partial charge in [-0.2, -0.15) is 0 Å². The topological polar surface area (TPSA) is 95.9 Å². The van der Waals surface area contributed by atoms with Gasteiger partial charge in [-0.25, -0.2) is 0 Å². The summed E-state index contributed by atoms with van der Waals surface area (Å²) in [5.74, 6) is 0. The minimum atomic E-state index is -3.00. The summed E-state index contributed by atoms with van der Waals surface area (Å²) in [5.41, 5.74) is 0. The molecule has 2 atom stereocenters. The minimum absolute atomic E-state index is 0.718. The predicted molar refractivity (Wildman–Crippen MR) is 24.5 cm³/mol. The predicted octanol–water partition coefficient (Wildman–Crippen LogP) is -0.356. The van der Waals surface area contributed by atoms with E-state index in [2.05, 4.69) is 9.05 Å². The first-order valence-corrected chi connectivity index (χ1v) is 3.92. The quantitative estimate of drug-likeness (QED) is 0.460. The Morgan fingerprint density at radius 3 is 2.33 bits per heavy atom. The fraction of sp³-hybridized carbons (Fsp3) is 1.00. The van der Waals surface area contributed by atoms with E-state index < -0.39 is 23.3 Å². The molecule has 2 unspecified atom stereocenters. The maximum atomic E-state index is 9.63. The van der Waals surface area contributed by atoms with E-state index in [9.17, 15) is 14.0 Å². The molecule has 0 aromatic carbocycles. The SMILES string of the molecule is O=[P+]([O-])OCO[P+](=O)O. The van der Waals surface area contributed by atoms with Gasteiger partial charge in [0.1, 0.15) is 0 Å². The van der Waals surface area contributed by atoms with Crippen molar-refractivity contribution in [1.82, 2.24) is 0 Å². The van der Waals surface area contributed by atoms with Crippen LogP contribution in [0.1, 0.15) is 0 Å². The Hall–Kier alpha value is 0.0400. The summed E-state index contributed by atoms with van der Waals surface area (Å²) in [6.45, 7) is -0.718. The zero-order valence-corrected chi connectivity index (χ0v) is 5.88. The largest absolute Gasteiger partial charge is 0.697 e. The van der Waals surface area contributed by atoms with Crippen LogP contribution >= 0.6 is 16.5 Å². The molecule has 0 aromatic heterocycles. The highest BCUT2D eigenvalue weighted by Crippen LogP contribution is 2.17. The van der Waals surface area contributed by atoms with Crippen LogP contribution in [0.5, 0.6) is 0 Å². The molecule has 0 aromatic rings. The Morgan fingerprint density at radius 1 is 1.44 bits per heavy atom. The molecule has 0 spiro atoms. The van der Waals surface area contributed by atoms with Crippen LogP contribution < -0.4 is 4.89 Å². The summed E-state index contributed by atoms with van der Waals surface area (Å²) >= 11 is 0. The standard InChI is InChI=1S/CH2O6P2/c2-8(3)6-1-7-9(4)5/h1H2/p+1. The van der Waals surface area contributed by atoms with Crippen molar-refractivity contribution in [3.63, 3.8) is 0 Å². The van der Waals surface area contributed by atoms with Crippen molar-refractivity contribution < 1.29 is 28.0 Å². The fourth-order valence-electron chi connectivity index (χ4n) is 0.112. The lowest BCUT2D eigenvalue weighted by atomic mass is 11.6. The summed E-state index contributed by atoms with van der Waals surface area (Å²) in [4.78, 5) is 17.4. The van der Waals surface area contributed by atoms with Gasteiger partial charge >= 0.3 is 16.5 Å². The van der Waals surface area contributed by atoms with Crippen molar-refractivity contribution in [2.45, 2.75) is 0 Å². The second-order valence-electron chi connectivity index (χ2n) is 0.837. The first kappa shape index (κ1) is 9.04. The van der Waals surface area contributed by atoms with Gasteiger partial charge in [0.2, 0.25) is 0 Å². The number of hydrogen-bond donors (Lipinski definition) is 1. The third-order valence-corrected chi connectivity index (χ3v) is 0.964. The normalized spacial score (nSPS) is 13.1. The molecule has 1 N–H and O–H groups in total. The van der Waals surface area contributed by atoms with Crippen molar-refractivity contribution >= 4 is 16.5 Å². The molecular formula is CH3O6P2+. The second kappa shape index (κ2) is 4.88. The third kappa shape index (κ3) is 8.04. The van der Waals surface area contributed by atoms with Crippen molar-refractivity contribution in [2.75, 3.05) is 6.79 Å². The van der Waals surface area contributed by atoms with Gasteiger partial charge in [0.15, 0.2) is 0 Å². The van der Waals surface area contributed by atoms with Crippen molar-refractivity contribution in [3.8, 4) is 0 Å². The van der Waals surface area contributed by atoms with Crippen LogP contribution in [-0.4, -0.2) is 11.7 Å². The van der Waals surface area contributed by atoms with Gasteiger partial charge in [0.25, 0.3) is 6.79 Å². The highest BCUT2D eigenvalue weighted by molar-refractivity contribution is 7.32. The molecule has 0 radical (unpaired) electrons. The molecule has 0 saturated heterocycles. The molecule has 9 heavy (non-hydrogen) atoms. The van der Waals surface area contributed by atoms with Crippen LogP contribution in [0, 0.1) is 0 Å². The summed E-state index contributed by atoms with van der Waals surface area (Å²) in [6, 6.07) is 0. The molecule has 0 saturated carbocycles. The zero-order valence-electron chi connectivity index (χ0n) is 4.09. The Labute approximate surface area is 52.3 Å². The monoisotopic (exact) mass is 173 g/mol. The molecule has 0 fully saturated rings. The first-order chi connectivity index (χ1) is 4.13. The van der Waals surface area contributed by atoms with Gasteiger partial charge in [0.05, 0.1) is 0 Å². The Balaban J connectivity index is 3.10. The summed E-state index contributed by atoms with van der Waals surface area (Å²) in [6.07, 6.45) is 0. The second-order valence-corrected chi connectivity index (χ2v) is 2.28. The van der Waals surface area contributed by atoms with E-state index in [0.29, 0.717) is 0 Å². The van der Waals surface area contributed by atoms with Crippen LogP contribution in [0.25, 0.3) is 0 Å². The lowest BCUT2D eigenvalue weighted by Crippen LogP contribution is -1.93. The average molecular weight is 173 g/mol. The van der Waals surface area contributed by atoms with Gasteiger partial charge < -0.3 is 4.89 Å². The Bertz CT molecular complexity index is 106. The molecule has 8 heteroatoms. The van der Waals surface area contributed by atoms with Crippen molar-refractivity contribution in [2.24, 2.45) is 0 Å². The maximum Gasteiger partial charge on any atom is 0.697 e. The number of hydrogen-bond acceptors (Lipinski definition) is 5. The molecule has 52 valence electrons. The summed E-state index contributed by atoms with van der Waals surface area (Å²) < 4.78 is 26.7. The smallest absolute Gasteiger partial charge is 0.566 e. The van der Waals surface area contributed by atoms with Crippen LogP contribution in [0.4, 0.5) is 0 Å². The minimum Gasteiger partial charge on any atom is -0.566 e. The van der Waals surface area contributed by atoms with E-state index >= 15 is 0 Å². The van der Waals surface area contributed by atoms with Gasteiger partial charge in [0, 0.05) is 4.57 Å². The molecule has 0 rings (SSSR count). The zero-order chi connectivity index (χ0) is 7.28. The van der Waals surface area contributed by atoms with Crippen molar-refractivity contribution in [3.05, 3.63) is 0 Å². The molecule has 0 heterocycles. The molecule has 0 aliphatic rings. The Morgan fingerprint density at radius 2 is 2.00 bits per heavy atom. The van der Waals surface area contributed by atoms with Crippen LogP contribution in [-0.2, 0) is 18.2 Å². The molecule has 6 nitrogen and oxygen atoms in total. The molecule has 0 aliphatic heterocycles. The highest BCUT2D eigenvalue weighted by Gasteiger charge is 2.14. The first-order valence-electron chi connectivity index (χ1n) is 1.69. The van der Waals surface area contributed by atoms with Gasteiger partial charge in [-0.3, -0.25) is 0 Å². The lowest BCUT2D eigenvalue weighted by Gasteiger charge is -1.80. The average Bonchev–Trinajstić information content (AvgIpc) is 1.63. The van der Waals surface area contributed by atoms with E-state index in [-0.39, 0.29) is 0 Å². The van der Waals surface area contributed by atoms with Gasteiger partial charge in [-0.1, -0.05) is 4.52 Å². The van der Waals surface area contributed by atoms with E-state index in [0.717, 1.165) is 0 Å². The maximum absolute atomic E-state index is 9.63. The van der Waals surface area contributed by atoms with Gasteiger partial charge in [-0.15, -0.1) is 9.42 Å². The molecule has 0 bridgehead atoms. The van der Waals surface area contributed by atoms with Crippen molar-refractivity contribution in [1.29, 1.82) is 0 Å². The highest BCUT2D eigenvalue weighted by atomic mass is 31.1.